The minimum Gasteiger partial charge on any atom is -0.467 e. The number of hydrogen-bond acceptors (Lipinski definition) is 2. The summed E-state index contributed by atoms with van der Waals surface area (Å²) in [5.74, 6) is 4.09. The molecule has 5 rings (SSSR count). The van der Waals surface area contributed by atoms with E-state index in [1.165, 1.54) is 25.7 Å². The molecule has 2 bridgehead atoms. The van der Waals surface area contributed by atoms with Crippen LogP contribution in [0.5, 0.6) is 0 Å². The van der Waals surface area contributed by atoms with E-state index in [4.69, 9.17) is 4.42 Å². The molecule has 3 aliphatic carbocycles. The van der Waals surface area contributed by atoms with E-state index in [1.54, 1.807) is 6.26 Å². The second-order valence-electron chi connectivity index (χ2n) is 8.24. The number of carbonyl (C=O) groups excluding carboxylic acids is 1. The van der Waals surface area contributed by atoms with E-state index in [9.17, 15) is 4.79 Å². The smallest absolute Gasteiger partial charge is 0.315 e. The first-order valence-corrected chi connectivity index (χ1v) is 9.95. The van der Waals surface area contributed by atoms with Gasteiger partial charge in [-0.25, -0.2) is 4.79 Å². The number of rotatable bonds is 4. The molecule has 6 unspecified atom stereocenters. The molecule has 136 valence electrons. The van der Waals surface area contributed by atoms with Gasteiger partial charge in [-0.2, -0.15) is 0 Å². The van der Waals surface area contributed by atoms with Gasteiger partial charge in [0.25, 0.3) is 0 Å². The zero-order chi connectivity index (χ0) is 17.5. The zero-order valence-corrected chi connectivity index (χ0v) is 14.9. The Morgan fingerprint density at radius 3 is 2.65 bits per heavy atom. The monoisotopic (exact) mass is 350 g/mol. The summed E-state index contributed by atoms with van der Waals surface area (Å²) >= 11 is 0. The highest BCUT2D eigenvalue weighted by atomic mass is 16.3. The molecule has 1 aromatic carbocycles. The summed E-state index contributed by atoms with van der Waals surface area (Å²) in [6, 6.07) is 13.8. The molecule has 3 aliphatic rings. The molecule has 4 nitrogen and oxygen atoms in total. The fraction of sp³-hybridized carbons (Fsp3) is 0.500. The van der Waals surface area contributed by atoms with Crippen molar-refractivity contribution < 1.29 is 9.21 Å². The van der Waals surface area contributed by atoms with Gasteiger partial charge in [-0.05, 0) is 67.1 Å². The third-order valence-corrected chi connectivity index (χ3v) is 6.98. The van der Waals surface area contributed by atoms with E-state index in [0.29, 0.717) is 12.0 Å². The minimum atomic E-state index is -0.260. The van der Waals surface area contributed by atoms with Crippen molar-refractivity contribution in [2.45, 2.75) is 44.2 Å². The largest absolute Gasteiger partial charge is 0.467 e. The highest BCUT2D eigenvalue weighted by Gasteiger charge is 2.54. The first-order chi connectivity index (χ1) is 12.8. The van der Waals surface area contributed by atoms with E-state index in [0.717, 1.165) is 35.5 Å². The van der Waals surface area contributed by atoms with E-state index in [1.807, 2.05) is 42.5 Å². The van der Waals surface area contributed by atoms with E-state index in [2.05, 4.69) is 10.6 Å². The summed E-state index contributed by atoms with van der Waals surface area (Å²) in [5, 5.41) is 6.43. The number of benzene rings is 1. The lowest BCUT2D eigenvalue weighted by molar-refractivity contribution is 0.196. The maximum absolute atomic E-state index is 12.8. The zero-order valence-electron chi connectivity index (χ0n) is 14.9. The topological polar surface area (TPSA) is 54.3 Å². The summed E-state index contributed by atoms with van der Waals surface area (Å²) < 4.78 is 5.58. The van der Waals surface area contributed by atoms with Crippen molar-refractivity contribution in [3.8, 4) is 0 Å². The average Bonchev–Trinajstić information content (AvgIpc) is 3.42. The van der Waals surface area contributed by atoms with Crippen LogP contribution in [-0.2, 0) is 0 Å². The molecule has 3 fully saturated rings. The molecule has 6 atom stereocenters. The van der Waals surface area contributed by atoms with Gasteiger partial charge in [0.05, 0.1) is 6.26 Å². The van der Waals surface area contributed by atoms with Crippen LogP contribution in [0.1, 0.15) is 49.5 Å². The van der Waals surface area contributed by atoms with E-state index >= 15 is 0 Å². The minimum absolute atomic E-state index is 0.0812. The van der Waals surface area contributed by atoms with Gasteiger partial charge in [0.1, 0.15) is 11.8 Å². The maximum atomic E-state index is 12.8. The SMILES string of the molecule is O=C(NC(c1ccccc1)c1ccco1)NC1CC2CC1C1CCCC21. The molecule has 1 heterocycles. The van der Waals surface area contributed by atoms with Crippen molar-refractivity contribution in [1.29, 1.82) is 0 Å². The van der Waals surface area contributed by atoms with Gasteiger partial charge in [0.15, 0.2) is 0 Å². The molecule has 26 heavy (non-hydrogen) atoms. The Hall–Kier alpha value is -2.23. The molecule has 2 amide bonds. The van der Waals surface area contributed by atoms with Crippen molar-refractivity contribution in [2.75, 3.05) is 0 Å². The lowest BCUT2D eigenvalue weighted by atomic mass is 9.79. The molecule has 4 heteroatoms. The van der Waals surface area contributed by atoms with Crippen molar-refractivity contribution >= 4 is 6.03 Å². The van der Waals surface area contributed by atoms with E-state index in [-0.39, 0.29) is 12.1 Å². The van der Waals surface area contributed by atoms with E-state index < -0.39 is 0 Å². The average molecular weight is 350 g/mol. The predicted molar refractivity (Wildman–Crippen MR) is 99.5 cm³/mol. The number of amides is 2. The van der Waals surface area contributed by atoms with Crippen LogP contribution in [0.4, 0.5) is 4.79 Å². The second kappa shape index (κ2) is 6.49. The Labute approximate surface area is 154 Å². The maximum Gasteiger partial charge on any atom is 0.315 e. The Balaban J connectivity index is 1.28. The van der Waals surface area contributed by atoms with Crippen LogP contribution >= 0.6 is 0 Å². The first kappa shape index (κ1) is 16.0. The molecule has 0 radical (unpaired) electrons. The quantitative estimate of drug-likeness (QED) is 0.853. The van der Waals surface area contributed by atoms with Crippen molar-refractivity contribution in [1.82, 2.24) is 10.6 Å². The lowest BCUT2D eigenvalue weighted by Crippen LogP contribution is -2.47. The highest BCUT2D eigenvalue weighted by Crippen LogP contribution is 2.58. The fourth-order valence-electron chi connectivity index (χ4n) is 5.99. The summed E-state index contributed by atoms with van der Waals surface area (Å²) in [6.07, 6.45) is 8.30. The molecule has 2 aromatic rings. The number of urea groups is 1. The Bertz CT molecular complexity index is 758. The van der Waals surface area contributed by atoms with Gasteiger partial charge < -0.3 is 15.1 Å². The van der Waals surface area contributed by atoms with Crippen molar-refractivity contribution in [3.63, 3.8) is 0 Å². The predicted octanol–water partition coefficient (Wildman–Crippen LogP) is 4.49. The molecule has 2 N–H and O–H groups in total. The van der Waals surface area contributed by atoms with Crippen LogP contribution in [0.3, 0.4) is 0 Å². The van der Waals surface area contributed by atoms with Crippen LogP contribution in [0.2, 0.25) is 0 Å². The van der Waals surface area contributed by atoms with Gasteiger partial charge in [0, 0.05) is 6.04 Å². The lowest BCUT2D eigenvalue weighted by Gasteiger charge is -2.32. The number of fused-ring (bicyclic) bond motifs is 5. The summed E-state index contributed by atoms with van der Waals surface area (Å²) in [6.45, 7) is 0. The Kier molecular flexibility index (Phi) is 3.99. The summed E-state index contributed by atoms with van der Waals surface area (Å²) in [7, 11) is 0. The summed E-state index contributed by atoms with van der Waals surface area (Å²) in [5.41, 5.74) is 1.03. The number of hydrogen-bond donors (Lipinski definition) is 2. The second-order valence-corrected chi connectivity index (χ2v) is 8.24. The van der Waals surface area contributed by atoms with Gasteiger partial charge in [-0.3, -0.25) is 0 Å². The fourth-order valence-corrected chi connectivity index (χ4v) is 5.99. The number of nitrogens with one attached hydrogen (secondary N) is 2. The number of carbonyl (C=O) groups is 1. The normalized spacial score (nSPS) is 33.0. The third kappa shape index (κ3) is 2.72. The van der Waals surface area contributed by atoms with Crippen LogP contribution in [0, 0.1) is 23.7 Å². The van der Waals surface area contributed by atoms with Crippen molar-refractivity contribution in [3.05, 3.63) is 60.1 Å². The highest BCUT2D eigenvalue weighted by molar-refractivity contribution is 5.75. The summed E-state index contributed by atoms with van der Waals surface area (Å²) in [4.78, 5) is 12.8. The Morgan fingerprint density at radius 2 is 1.85 bits per heavy atom. The molecule has 0 spiro atoms. The van der Waals surface area contributed by atoms with Gasteiger partial charge in [-0.1, -0.05) is 36.8 Å². The molecule has 0 aliphatic heterocycles. The van der Waals surface area contributed by atoms with Gasteiger partial charge in [-0.15, -0.1) is 0 Å². The molecule has 0 saturated heterocycles. The molecule has 3 saturated carbocycles. The third-order valence-electron chi connectivity index (χ3n) is 6.98. The molecule has 1 aromatic heterocycles. The molecular weight excluding hydrogens is 324 g/mol. The number of furan rings is 1. The van der Waals surface area contributed by atoms with Gasteiger partial charge >= 0.3 is 6.03 Å². The Morgan fingerprint density at radius 1 is 1.00 bits per heavy atom. The van der Waals surface area contributed by atoms with Crippen LogP contribution < -0.4 is 10.6 Å². The van der Waals surface area contributed by atoms with Crippen molar-refractivity contribution in [2.24, 2.45) is 23.7 Å². The van der Waals surface area contributed by atoms with Crippen LogP contribution in [0.15, 0.2) is 53.1 Å². The van der Waals surface area contributed by atoms with Crippen LogP contribution in [0.25, 0.3) is 0 Å². The standard InChI is InChI=1S/C22H26N2O2/c25-22(23-19-13-15-12-18(19)17-9-4-8-16(15)17)24-21(20-10-5-11-26-20)14-6-2-1-3-7-14/h1-3,5-7,10-11,15-19,21H,4,8-9,12-13H2,(H2,23,24,25). The first-order valence-electron chi connectivity index (χ1n) is 9.95. The molecular formula is C22H26N2O2. The van der Waals surface area contributed by atoms with Crippen LogP contribution in [-0.4, -0.2) is 12.1 Å². The van der Waals surface area contributed by atoms with Gasteiger partial charge in [0.2, 0.25) is 0 Å².